The van der Waals surface area contributed by atoms with Crippen molar-refractivity contribution in [1.82, 2.24) is 19.8 Å². The van der Waals surface area contributed by atoms with Crippen molar-refractivity contribution in [2.45, 2.75) is 63.5 Å². The lowest BCUT2D eigenvalue weighted by Gasteiger charge is -2.34. The van der Waals surface area contributed by atoms with E-state index in [-0.39, 0.29) is 35.3 Å². The number of ether oxygens (including phenoxy) is 2. The van der Waals surface area contributed by atoms with Gasteiger partial charge in [0.1, 0.15) is 11.9 Å². The van der Waals surface area contributed by atoms with E-state index in [0.717, 1.165) is 50.0 Å². The van der Waals surface area contributed by atoms with Crippen LogP contribution in [0.15, 0.2) is 4.79 Å². The van der Waals surface area contributed by atoms with Crippen LogP contribution in [0, 0.1) is 5.92 Å². The van der Waals surface area contributed by atoms with Crippen molar-refractivity contribution in [1.29, 1.82) is 0 Å². The number of fused-ring (bicyclic) bond motifs is 1. The summed E-state index contributed by atoms with van der Waals surface area (Å²) in [6.45, 7) is 4.20. The number of rotatable bonds is 3. The highest BCUT2D eigenvalue weighted by molar-refractivity contribution is 5.81. The molecular weight excluding hydrogens is 412 g/mol. The van der Waals surface area contributed by atoms with E-state index in [4.69, 9.17) is 14.5 Å². The number of H-pyrrole nitrogens is 1. The molecule has 4 aliphatic heterocycles. The number of amides is 2. The van der Waals surface area contributed by atoms with Crippen LogP contribution in [0.2, 0.25) is 0 Å². The highest BCUT2D eigenvalue weighted by Gasteiger charge is 2.33. The van der Waals surface area contributed by atoms with E-state index in [1.165, 1.54) is 0 Å². The maximum absolute atomic E-state index is 12.9. The summed E-state index contributed by atoms with van der Waals surface area (Å²) in [5, 5.41) is 0. The van der Waals surface area contributed by atoms with Crippen LogP contribution >= 0.6 is 0 Å². The Labute approximate surface area is 187 Å². The van der Waals surface area contributed by atoms with Crippen molar-refractivity contribution in [3.05, 3.63) is 27.4 Å². The molecule has 1 N–H and O–H groups in total. The lowest BCUT2D eigenvalue weighted by atomic mass is 9.94. The fourth-order valence-corrected chi connectivity index (χ4v) is 5.38. The summed E-state index contributed by atoms with van der Waals surface area (Å²) >= 11 is 0. The molecule has 5 heterocycles. The third-order valence-electron chi connectivity index (χ3n) is 7.37. The standard InChI is InChI=1S/C23H32N4O5/c28-21-17-14-27(22(29)16-6-12-31-13-7-16)10-5-18(17)24-20(25-21)15-3-8-26(9-4-15)23(30)19-2-1-11-32-19/h15-16,19H,1-14H2,(H,24,25,28). The van der Waals surface area contributed by atoms with Gasteiger partial charge in [-0.1, -0.05) is 0 Å². The van der Waals surface area contributed by atoms with Gasteiger partial charge in [-0.2, -0.15) is 0 Å². The summed E-state index contributed by atoms with van der Waals surface area (Å²) in [6.07, 6.45) is 5.17. The molecule has 3 saturated heterocycles. The van der Waals surface area contributed by atoms with Crippen LogP contribution in [0.25, 0.3) is 0 Å². The van der Waals surface area contributed by atoms with E-state index in [1.807, 2.05) is 9.80 Å². The van der Waals surface area contributed by atoms with Crippen molar-refractivity contribution in [3.8, 4) is 0 Å². The zero-order valence-corrected chi connectivity index (χ0v) is 18.5. The Morgan fingerprint density at radius 2 is 1.72 bits per heavy atom. The molecule has 0 spiro atoms. The number of carbonyl (C=O) groups excluding carboxylic acids is 2. The summed E-state index contributed by atoms with van der Waals surface area (Å²) in [7, 11) is 0. The minimum atomic E-state index is -0.278. The molecule has 5 rings (SSSR count). The first-order chi connectivity index (χ1) is 15.6. The molecular formula is C23H32N4O5. The van der Waals surface area contributed by atoms with Gasteiger partial charge in [0.15, 0.2) is 0 Å². The molecule has 174 valence electrons. The second kappa shape index (κ2) is 9.31. The number of hydrogen-bond donors (Lipinski definition) is 1. The summed E-state index contributed by atoms with van der Waals surface area (Å²) in [5.41, 5.74) is 1.30. The van der Waals surface area contributed by atoms with Crippen LogP contribution < -0.4 is 5.56 Å². The van der Waals surface area contributed by atoms with Gasteiger partial charge >= 0.3 is 0 Å². The van der Waals surface area contributed by atoms with Gasteiger partial charge in [-0.25, -0.2) is 4.98 Å². The average Bonchev–Trinajstić information content (AvgIpc) is 3.39. The topological polar surface area (TPSA) is 105 Å². The van der Waals surface area contributed by atoms with Crippen molar-refractivity contribution in [3.63, 3.8) is 0 Å². The minimum Gasteiger partial charge on any atom is -0.381 e. The maximum atomic E-state index is 12.9. The van der Waals surface area contributed by atoms with Crippen molar-refractivity contribution in [2.24, 2.45) is 5.92 Å². The van der Waals surface area contributed by atoms with E-state index in [2.05, 4.69) is 4.98 Å². The van der Waals surface area contributed by atoms with Crippen molar-refractivity contribution in [2.75, 3.05) is 39.5 Å². The van der Waals surface area contributed by atoms with Crippen LogP contribution in [0.4, 0.5) is 0 Å². The molecule has 2 amide bonds. The second-order valence-corrected chi connectivity index (χ2v) is 9.37. The molecule has 0 radical (unpaired) electrons. The molecule has 1 unspecified atom stereocenters. The third-order valence-corrected chi connectivity index (χ3v) is 7.37. The van der Waals surface area contributed by atoms with Crippen LogP contribution in [-0.4, -0.2) is 77.1 Å². The predicted octanol–water partition coefficient (Wildman–Crippen LogP) is 0.966. The van der Waals surface area contributed by atoms with Crippen LogP contribution in [0.5, 0.6) is 0 Å². The fraction of sp³-hybridized carbons (Fsp3) is 0.739. The molecule has 9 nitrogen and oxygen atoms in total. The van der Waals surface area contributed by atoms with E-state index < -0.39 is 0 Å². The molecule has 1 aromatic heterocycles. The van der Waals surface area contributed by atoms with E-state index in [9.17, 15) is 14.4 Å². The molecule has 32 heavy (non-hydrogen) atoms. The van der Waals surface area contributed by atoms with Crippen LogP contribution in [0.3, 0.4) is 0 Å². The number of aromatic nitrogens is 2. The molecule has 9 heteroatoms. The zero-order chi connectivity index (χ0) is 22.1. The molecule has 1 aromatic rings. The summed E-state index contributed by atoms with van der Waals surface area (Å²) in [4.78, 5) is 49.8. The van der Waals surface area contributed by atoms with Crippen molar-refractivity contribution < 1.29 is 19.1 Å². The molecule has 0 aromatic carbocycles. The number of piperidine rings is 1. The first kappa shape index (κ1) is 21.6. The Kier molecular flexibility index (Phi) is 6.28. The van der Waals surface area contributed by atoms with E-state index >= 15 is 0 Å². The maximum Gasteiger partial charge on any atom is 0.256 e. The first-order valence-corrected chi connectivity index (χ1v) is 12.0. The van der Waals surface area contributed by atoms with Crippen LogP contribution in [-0.2, 0) is 32.0 Å². The van der Waals surface area contributed by atoms with Gasteiger partial charge in [0.05, 0.1) is 17.8 Å². The Balaban J connectivity index is 1.22. The number of hydrogen-bond acceptors (Lipinski definition) is 6. The molecule has 0 bridgehead atoms. The number of nitrogens with one attached hydrogen (secondary N) is 1. The summed E-state index contributed by atoms with van der Waals surface area (Å²) in [6, 6.07) is 0. The first-order valence-electron chi connectivity index (χ1n) is 12.0. The second-order valence-electron chi connectivity index (χ2n) is 9.37. The largest absolute Gasteiger partial charge is 0.381 e. The van der Waals surface area contributed by atoms with Gasteiger partial charge in [-0.15, -0.1) is 0 Å². The van der Waals surface area contributed by atoms with E-state index in [0.29, 0.717) is 58.0 Å². The Bertz CT molecular complexity index is 911. The Morgan fingerprint density at radius 1 is 0.938 bits per heavy atom. The molecule has 0 aliphatic carbocycles. The van der Waals surface area contributed by atoms with Gasteiger partial charge < -0.3 is 24.3 Å². The molecule has 1 atom stereocenters. The average molecular weight is 445 g/mol. The van der Waals surface area contributed by atoms with Crippen molar-refractivity contribution >= 4 is 11.8 Å². The normalized spacial score (nSPS) is 25.1. The Hall–Kier alpha value is -2.26. The van der Waals surface area contributed by atoms with Crippen LogP contribution in [0.1, 0.15) is 61.5 Å². The lowest BCUT2D eigenvalue weighted by molar-refractivity contribution is -0.142. The lowest BCUT2D eigenvalue weighted by Crippen LogP contribution is -2.45. The number of nitrogens with zero attached hydrogens (tertiary/aromatic N) is 3. The molecule has 4 aliphatic rings. The smallest absolute Gasteiger partial charge is 0.256 e. The summed E-state index contributed by atoms with van der Waals surface area (Å²) in [5.74, 6) is 1.09. The highest BCUT2D eigenvalue weighted by Crippen LogP contribution is 2.28. The summed E-state index contributed by atoms with van der Waals surface area (Å²) < 4.78 is 10.9. The number of carbonyl (C=O) groups is 2. The number of aromatic amines is 1. The fourth-order valence-electron chi connectivity index (χ4n) is 5.38. The zero-order valence-electron chi connectivity index (χ0n) is 18.5. The SMILES string of the molecule is O=C(C1CCOCC1)N1CCc2nc(C3CCN(C(=O)C4CCCO4)CC3)[nH]c(=O)c2C1. The quantitative estimate of drug-likeness (QED) is 0.745. The third kappa shape index (κ3) is 4.32. The number of likely N-dealkylation sites (tertiary alicyclic amines) is 1. The highest BCUT2D eigenvalue weighted by atomic mass is 16.5. The Morgan fingerprint density at radius 3 is 2.44 bits per heavy atom. The van der Waals surface area contributed by atoms with Gasteiger partial charge in [-0.05, 0) is 38.5 Å². The van der Waals surface area contributed by atoms with E-state index in [1.54, 1.807) is 0 Å². The van der Waals surface area contributed by atoms with Gasteiger partial charge in [-0.3, -0.25) is 14.4 Å². The minimum absolute atomic E-state index is 0.000795. The molecule has 3 fully saturated rings. The predicted molar refractivity (Wildman–Crippen MR) is 115 cm³/mol. The van der Waals surface area contributed by atoms with Gasteiger partial charge in [0.2, 0.25) is 5.91 Å². The molecule has 0 saturated carbocycles. The monoisotopic (exact) mass is 444 g/mol. The van der Waals surface area contributed by atoms with Gasteiger partial charge in [0, 0.05) is 57.7 Å². The van der Waals surface area contributed by atoms with Gasteiger partial charge in [0.25, 0.3) is 11.5 Å².